The number of likely N-dealkylation sites (N-methyl/N-ethyl adjacent to an activating group) is 1. The van der Waals surface area contributed by atoms with Crippen LogP contribution in [-0.4, -0.2) is 37.6 Å². The Morgan fingerprint density at radius 2 is 2.00 bits per heavy atom. The number of nitrogens with zero attached hydrogens (tertiary/aromatic N) is 1. The summed E-state index contributed by atoms with van der Waals surface area (Å²) in [5.41, 5.74) is 0. The summed E-state index contributed by atoms with van der Waals surface area (Å²) in [6.07, 6.45) is 0.924. The Morgan fingerprint density at radius 1 is 1.30 bits per heavy atom. The number of carbonyl (C=O) groups is 1. The van der Waals surface area contributed by atoms with Gasteiger partial charge >= 0.3 is 0 Å². The molecule has 2 atom stereocenters. The number of ether oxygens (including phenoxy) is 1. The number of carbonyl (C=O) groups excluding carboxylic acids is 1. The van der Waals surface area contributed by atoms with E-state index in [2.05, 4.69) is 5.32 Å². The number of furan rings is 1. The Morgan fingerprint density at radius 3 is 2.57 bits per heavy atom. The van der Waals surface area contributed by atoms with Crippen LogP contribution in [0.2, 0.25) is 0 Å². The summed E-state index contributed by atoms with van der Waals surface area (Å²) in [6, 6.07) is 9.18. The van der Waals surface area contributed by atoms with Crippen LogP contribution < -0.4 is 10.1 Å². The normalized spacial score (nSPS) is 13.6. The van der Waals surface area contributed by atoms with Gasteiger partial charge in [-0.1, -0.05) is 0 Å². The van der Waals surface area contributed by atoms with E-state index in [4.69, 9.17) is 9.15 Å². The number of halogens is 1. The molecule has 0 aliphatic rings. The summed E-state index contributed by atoms with van der Waals surface area (Å²) >= 11 is 0. The van der Waals surface area contributed by atoms with Crippen molar-refractivity contribution in [3.8, 4) is 5.75 Å². The summed E-state index contributed by atoms with van der Waals surface area (Å²) in [7, 11) is 3.83. The molecule has 124 valence electrons. The fourth-order valence-electron chi connectivity index (χ4n) is 2.13. The van der Waals surface area contributed by atoms with Crippen molar-refractivity contribution in [1.82, 2.24) is 10.2 Å². The lowest BCUT2D eigenvalue weighted by atomic mass is 10.2. The Kier molecular flexibility index (Phi) is 5.76. The van der Waals surface area contributed by atoms with E-state index in [0.29, 0.717) is 12.3 Å². The minimum absolute atomic E-state index is 0.0630. The van der Waals surface area contributed by atoms with Crippen LogP contribution in [0.3, 0.4) is 0 Å². The van der Waals surface area contributed by atoms with Gasteiger partial charge in [-0.15, -0.1) is 0 Å². The zero-order valence-corrected chi connectivity index (χ0v) is 13.5. The van der Waals surface area contributed by atoms with Gasteiger partial charge in [-0.25, -0.2) is 4.39 Å². The molecule has 0 spiro atoms. The summed E-state index contributed by atoms with van der Waals surface area (Å²) < 4.78 is 23.7. The van der Waals surface area contributed by atoms with Gasteiger partial charge in [0.2, 0.25) is 0 Å². The molecule has 0 radical (unpaired) electrons. The average Bonchev–Trinajstić information content (AvgIpc) is 3.03. The lowest BCUT2D eigenvalue weighted by molar-refractivity contribution is -0.127. The lowest BCUT2D eigenvalue weighted by Crippen LogP contribution is -2.40. The van der Waals surface area contributed by atoms with Crippen LogP contribution in [0, 0.1) is 5.82 Å². The summed E-state index contributed by atoms with van der Waals surface area (Å²) in [5.74, 6) is 0.640. The smallest absolute Gasteiger partial charge is 0.260 e. The van der Waals surface area contributed by atoms with Crippen molar-refractivity contribution in [2.24, 2.45) is 0 Å². The Balaban J connectivity index is 1.88. The minimum Gasteiger partial charge on any atom is -0.481 e. The van der Waals surface area contributed by atoms with Gasteiger partial charge in [0.1, 0.15) is 17.3 Å². The molecule has 5 nitrogen and oxygen atoms in total. The molecular weight excluding hydrogens is 299 g/mol. The highest BCUT2D eigenvalue weighted by atomic mass is 19.1. The standard InChI is InChI=1S/C17H21FN2O3/c1-12(23-14-8-6-13(18)7-9-14)17(21)19-11-15(20(2)3)16-5-4-10-22-16/h4-10,12,15H,11H2,1-3H3,(H,19,21)/t12-,15+/m1/s1. The summed E-state index contributed by atoms with van der Waals surface area (Å²) in [4.78, 5) is 14.1. The average molecular weight is 320 g/mol. The summed E-state index contributed by atoms with van der Waals surface area (Å²) in [6.45, 7) is 2.05. The van der Waals surface area contributed by atoms with E-state index in [-0.39, 0.29) is 17.8 Å². The molecule has 2 aromatic rings. The van der Waals surface area contributed by atoms with E-state index in [0.717, 1.165) is 5.76 Å². The van der Waals surface area contributed by atoms with E-state index >= 15 is 0 Å². The van der Waals surface area contributed by atoms with E-state index < -0.39 is 6.10 Å². The third-order valence-electron chi connectivity index (χ3n) is 3.46. The highest BCUT2D eigenvalue weighted by molar-refractivity contribution is 5.80. The van der Waals surface area contributed by atoms with E-state index in [1.165, 1.54) is 24.3 Å². The quantitative estimate of drug-likeness (QED) is 0.852. The minimum atomic E-state index is -0.681. The number of nitrogens with one attached hydrogen (secondary N) is 1. The fraction of sp³-hybridized carbons (Fsp3) is 0.353. The second-order valence-corrected chi connectivity index (χ2v) is 5.45. The Labute approximate surface area is 135 Å². The van der Waals surface area contributed by atoms with Gasteiger partial charge in [-0.05, 0) is 57.4 Å². The van der Waals surface area contributed by atoms with Crippen molar-refractivity contribution in [2.75, 3.05) is 20.6 Å². The van der Waals surface area contributed by atoms with Gasteiger partial charge < -0.3 is 14.5 Å². The van der Waals surface area contributed by atoms with Crippen molar-refractivity contribution in [2.45, 2.75) is 19.1 Å². The van der Waals surface area contributed by atoms with Crippen molar-refractivity contribution in [1.29, 1.82) is 0 Å². The lowest BCUT2D eigenvalue weighted by Gasteiger charge is -2.23. The van der Waals surface area contributed by atoms with Gasteiger partial charge in [-0.2, -0.15) is 0 Å². The number of benzene rings is 1. The van der Waals surface area contributed by atoms with Gasteiger partial charge in [-0.3, -0.25) is 9.69 Å². The number of hydrogen-bond donors (Lipinski definition) is 1. The Hall–Kier alpha value is -2.34. The molecule has 0 saturated carbocycles. The zero-order valence-electron chi connectivity index (χ0n) is 13.5. The Bertz CT molecular complexity index is 611. The zero-order chi connectivity index (χ0) is 16.8. The second kappa shape index (κ2) is 7.78. The topological polar surface area (TPSA) is 54.7 Å². The molecule has 0 aliphatic carbocycles. The van der Waals surface area contributed by atoms with E-state index in [1.54, 1.807) is 13.2 Å². The van der Waals surface area contributed by atoms with Crippen molar-refractivity contribution in [3.63, 3.8) is 0 Å². The molecule has 1 heterocycles. The van der Waals surface area contributed by atoms with Gasteiger partial charge in [0.15, 0.2) is 6.10 Å². The number of rotatable bonds is 7. The molecule has 6 heteroatoms. The molecule has 1 amide bonds. The van der Waals surface area contributed by atoms with Gasteiger partial charge in [0.25, 0.3) is 5.91 Å². The molecule has 2 rings (SSSR count). The molecule has 23 heavy (non-hydrogen) atoms. The number of amides is 1. The molecule has 1 aromatic carbocycles. The van der Waals surface area contributed by atoms with E-state index in [1.807, 2.05) is 31.1 Å². The predicted octanol–water partition coefficient (Wildman–Crippen LogP) is 2.61. The van der Waals surface area contributed by atoms with Crippen LogP contribution in [0.25, 0.3) is 0 Å². The van der Waals surface area contributed by atoms with Crippen molar-refractivity contribution in [3.05, 3.63) is 54.2 Å². The van der Waals surface area contributed by atoms with Crippen LogP contribution >= 0.6 is 0 Å². The van der Waals surface area contributed by atoms with Crippen LogP contribution in [0.4, 0.5) is 4.39 Å². The van der Waals surface area contributed by atoms with Crippen LogP contribution in [0.1, 0.15) is 18.7 Å². The molecule has 0 bridgehead atoms. The molecule has 1 aromatic heterocycles. The first-order valence-corrected chi connectivity index (χ1v) is 7.37. The molecule has 0 saturated heterocycles. The molecule has 0 fully saturated rings. The third-order valence-corrected chi connectivity index (χ3v) is 3.46. The maximum atomic E-state index is 12.9. The highest BCUT2D eigenvalue weighted by Gasteiger charge is 2.20. The monoisotopic (exact) mass is 320 g/mol. The first kappa shape index (κ1) is 17.0. The molecular formula is C17H21FN2O3. The number of hydrogen-bond acceptors (Lipinski definition) is 4. The maximum absolute atomic E-state index is 12.9. The van der Waals surface area contributed by atoms with Gasteiger partial charge in [0, 0.05) is 6.54 Å². The molecule has 0 unspecified atom stereocenters. The largest absolute Gasteiger partial charge is 0.481 e. The third kappa shape index (κ3) is 4.82. The predicted molar refractivity (Wildman–Crippen MR) is 84.6 cm³/mol. The van der Waals surface area contributed by atoms with Crippen molar-refractivity contribution >= 4 is 5.91 Å². The van der Waals surface area contributed by atoms with Crippen LogP contribution in [-0.2, 0) is 4.79 Å². The van der Waals surface area contributed by atoms with Crippen LogP contribution in [0.15, 0.2) is 47.1 Å². The van der Waals surface area contributed by atoms with Gasteiger partial charge in [0.05, 0.1) is 12.3 Å². The molecule has 0 aliphatic heterocycles. The molecule has 1 N–H and O–H groups in total. The maximum Gasteiger partial charge on any atom is 0.260 e. The fourth-order valence-corrected chi connectivity index (χ4v) is 2.13. The highest BCUT2D eigenvalue weighted by Crippen LogP contribution is 2.18. The van der Waals surface area contributed by atoms with E-state index in [9.17, 15) is 9.18 Å². The van der Waals surface area contributed by atoms with Crippen LogP contribution in [0.5, 0.6) is 5.75 Å². The second-order valence-electron chi connectivity index (χ2n) is 5.45. The summed E-state index contributed by atoms with van der Waals surface area (Å²) in [5, 5.41) is 2.84. The first-order valence-electron chi connectivity index (χ1n) is 7.37. The first-order chi connectivity index (χ1) is 11.0. The van der Waals surface area contributed by atoms with Crippen molar-refractivity contribution < 1.29 is 18.3 Å². The SMILES string of the molecule is C[C@@H](Oc1ccc(F)cc1)C(=O)NC[C@@H](c1ccco1)N(C)C.